The lowest BCUT2D eigenvalue weighted by Crippen LogP contribution is -2.09. The van der Waals surface area contributed by atoms with Gasteiger partial charge in [-0.2, -0.15) is 0 Å². The van der Waals surface area contributed by atoms with Crippen molar-refractivity contribution in [1.82, 2.24) is 9.97 Å². The topological polar surface area (TPSA) is 63.1 Å². The maximum atomic E-state index is 11.0. The number of rotatable bonds is 4. The average Bonchev–Trinajstić information content (AvgIpc) is 2.73. The van der Waals surface area contributed by atoms with E-state index in [-0.39, 0.29) is 12.3 Å². The number of aryl methyl sites for hydroxylation is 1. The van der Waals surface area contributed by atoms with E-state index in [4.69, 9.17) is 5.11 Å². The van der Waals surface area contributed by atoms with E-state index in [0.29, 0.717) is 0 Å². The average molecular weight is 248 g/mol. The van der Waals surface area contributed by atoms with E-state index < -0.39 is 5.97 Å². The van der Waals surface area contributed by atoms with Crippen LogP contribution >= 0.6 is 11.3 Å². The molecule has 1 unspecified atom stereocenters. The SMILES string of the molecule is Cc1ccsc1C(CC(=O)O)c1ccncn1. The van der Waals surface area contributed by atoms with Crippen LogP contribution in [0.3, 0.4) is 0 Å². The Labute approximate surface area is 103 Å². The van der Waals surface area contributed by atoms with E-state index >= 15 is 0 Å². The van der Waals surface area contributed by atoms with E-state index in [1.54, 1.807) is 23.6 Å². The van der Waals surface area contributed by atoms with Crippen LogP contribution in [0.15, 0.2) is 30.0 Å². The molecule has 1 N–H and O–H groups in total. The molecule has 0 aliphatic heterocycles. The van der Waals surface area contributed by atoms with Crippen molar-refractivity contribution in [3.05, 3.63) is 46.2 Å². The Balaban J connectivity index is 2.39. The maximum absolute atomic E-state index is 11.0. The van der Waals surface area contributed by atoms with E-state index in [9.17, 15) is 4.79 Å². The third-order valence-corrected chi connectivity index (χ3v) is 3.69. The second kappa shape index (κ2) is 5.05. The van der Waals surface area contributed by atoms with Gasteiger partial charge in [-0.25, -0.2) is 9.97 Å². The molecule has 0 radical (unpaired) electrons. The van der Waals surface area contributed by atoms with Crippen molar-refractivity contribution in [3.8, 4) is 0 Å². The Morgan fingerprint density at radius 1 is 1.53 bits per heavy atom. The summed E-state index contributed by atoms with van der Waals surface area (Å²) in [6.45, 7) is 1.99. The molecule has 0 aromatic carbocycles. The number of thiophene rings is 1. The highest BCUT2D eigenvalue weighted by atomic mass is 32.1. The molecule has 0 bridgehead atoms. The van der Waals surface area contributed by atoms with Gasteiger partial charge in [0.2, 0.25) is 0 Å². The minimum atomic E-state index is -0.818. The molecule has 2 aromatic rings. The highest BCUT2D eigenvalue weighted by molar-refractivity contribution is 7.10. The summed E-state index contributed by atoms with van der Waals surface area (Å²) in [7, 11) is 0. The van der Waals surface area contributed by atoms with Gasteiger partial charge in [0, 0.05) is 17.0 Å². The largest absolute Gasteiger partial charge is 0.481 e. The number of hydrogen-bond donors (Lipinski definition) is 1. The van der Waals surface area contributed by atoms with E-state index in [0.717, 1.165) is 16.1 Å². The number of aliphatic carboxylic acids is 1. The molecule has 5 heteroatoms. The van der Waals surface area contributed by atoms with Crippen LogP contribution in [0.25, 0.3) is 0 Å². The highest BCUT2D eigenvalue weighted by Crippen LogP contribution is 2.32. The fourth-order valence-electron chi connectivity index (χ4n) is 1.75. The van der Waals surface area contributed by atoms with E-state index in [2.05, 4.69) is 9.97 Å². The van der Waals surface area contributed by atoms with Gasteiger partial charge in [0.1, 0.15) is 6.33 Å². The highest BCUT2D eigenvalue weighted by Gasteiger charge is 2.21. The number of aromatic nitrogens is 2. The summed E-state index contributed by atoms with van der Waals surface area (Å²) in [4.78, 5) is 20.0. The van der Waals surface area contributed by atoms with Crippen LogP contribution in [0.5, 0.6) is 0 Å². The maximum Gasteiger partial charge on any atom is 0.304 e. The van der Waals surface area contributed by atoms with Gasteiger partial charge < -0.3 is 5.11 Å². The Morgan fingerprint density at radius 3 is 2.88 bits per heavy atom. The molecule has 0 spiro atoms. The van der Waals surface area contributed by atoms with Gasteiger partial charge in [0.05, 0.1) is 12.1 Å². The second-order valence-corrected chi connectivity index (χ2v) is 4.70. The van der Waals surface area contributed by atoms with Crippen molar-refractivity contribution in [2.45, 2.75) is 19.3 Å². The Kier molecular flexibility index (Phi) is 3.49. The number of nitrogens with zero attached hydrogens (tertiary/aromatic N) is 2. The van der Waals surface area contributed by atoms with Crippen LogP contribution in [-0.4, -0.2) is 21.0 Å². The van der Waals surface area contributed by atoms with Crippen LogP contribution in [0.1, 0.15) is 28.5 Å². The zero-order valence-corrected chi connectivity index (χ0v) is 10.1. The second-order valence-electron chi connectivity index (χ2n) is 3.75. The normalized spacial score (nSPS) is 12.3. The Hall–Kier alpha value is -1.75. The number of carbonyl (C=O) groups is 1. The molecule has 0 aliphatic rings. The predicted molar refractivity (Wildman–Crippen MR) is 65.2 cm³/mol. The predicted octanol–water partition coefficient (Wildman–Crippen LogP) is 2.45. The van der Waals surface area contributed by atoms with E-state index in [1.165, 1.54) is 6.33 Å². The van der Waals surface area contributed by atoms with Crippen molar-refractivity contribution in [3.63, 3.8) is 0 Å². The molecule has 2 rings (SSSR count). The molecule has 0 saturated heterocycles. The molecule has 0 saturated carbocycles. The minimum absolute atomic E-state index is 0.0539. The van der Waals surface area contributed by atoms with Crippen molar-refractivity contribution in [2.24, 2.45) is 0 Å². The van der Waals surface area contributed by atoms with Gasteiger partial charge in [-0.05, 0) is 30.0 Å². The van der Waals surface area contributed by atoms with Crippen LogP contribution in [0, 0.1) is 6.92 Å². The Morgan fingerprint density at radius 2 is 2.35 bits per heavy atom. The summed E-state index contributed by atoms with van der Waals surface area (Å²) in [6.07, 6.45) is 3.14. The lowest BCUT2D eigenvalue weighted by Gasteiger charge is -2.13. The van der Waals surface area contributed by atoms with Gasteiger partial charge in [-0.15, -0.1) is 11.3 Å². The fourth-order valence-corrected chi connectivity index (χ4v) is 2.80. The van der Waals surface area contributed by atoms with Gasteiger partial charge in [-0.1, -0.05) is 0 Å². The first-order chi connectivity index (χ1) is 8.18. The monoisotopic (exact) mass is 248 g/mol. The number of carboxylic acids is 1. The molecule has 2 aromatic heterocycles. The third kappa shape index (κ3) is 2.68. The minimum Gasteiger partial charge on any atom is -0.481 e. The van der Waals surface area contributed by atoms with Crippen LogP contribution in [0.4, 0.5) is 0 Å². The lowest BCUT2D eigenvalue weighted by atomic mass is 9.97. The molecular formula is C12H12N2O2S. The fraction of sp³-hybridized carbons (Fsp3) is 0.250. The molecule has 17 heavy (non-hydrogen) atoms. The summed E-state index contributed by atoms with van der Waals surface area (Å²) >= 11 is 1.57. The summed E-state index contributed by atoms with van der Waals surface area (Å²) in [6, 6.07) is 3.77. The van der Waals surface area contributed by atoms with Gasteiger partial charge in [0.25, 0.3) is 0 Å². The smallest absolute Gasteiger partial charge is 0.304 e. The molecule has 4 nitrogen and oxygen atoms in total. The van der Waals surface area contributed by atoms with E-state index in [1.807, 2.05) is 18.4 Å². The summed E-state index contributed by atoms with van der Waals surface area (Å²) in [5.74, 6) is -1.00. The van der Waals surface area contributed by atoms with Crippen LogP contribution < -0.4 is 0 Å². The van der Waals surface area contributed by atoms with Crippen LogP contribution in [-0.2, 0) is 4.79 Å². The molecule has 1 atom stereocenters. The molecular weight excluding hydrogens is 236 g/mol. The zero-order valence-electron chi connectivity index (χ0n) is 9.33. The van der Waals surface area contributed by atoms with Crippen LogP contribution in [0.2, 0.25) is 0 Å². The molecule has 88 valence electrons. The van der Waals surface area contributed by atoms with Crippen molar-refractivity contribution < 1.29 is 9.90 Å². The first kappa shape index (κ1) is 11.7. The number of carboxylic acid groups (broad SMARTS) is 1. The third-order valence-electron chi connectivity index (χ3n) is 2.56. The summed E-state index contributed by atoms with van der Waals surface area (Å²) in [5.41, 5.74) is 1.87. The van der Waals surface area contributed by atoms with Crippen molar-refractivity contribution in [1.29, 1.82) is 0 Å². The molecule has 0 fully saturated rings. The van der Waals surface area contributed by atoms with Gasteiger partial charge in [0.15, 0.2) is 0 Å². The van der Waals surface area contributed by atoms with Crippen molar-refractivity contribution in [2.75, 3.05) is 0 Å². The van der Waals surface area contributed by atoms with Crippen molar-refractivity contribution >= 4 is 17.3 Å². The molecule has 0 aliphatic carbocycles. The quantitative estimate of drug-likeness (QED) is 0.902. The zero-order chi connectivity index (χ0) is 12.3. The van der Waals surface area contributed by atoms with Gasteiger partial charge in [-0.3, -0.25) is 4.79 Å². The summed E-state index contributed by atoms with van der Waals surface area (Å²) < 4.78 is 0. The standard InChI is InChI=1S/C12H12N2O2S/c1-8-3-5-17-12(8)9(6-11(15)16)10-2-4-13-7-14-10/h2-5,7,9H,6H2,1H3,(H,15,16). The molecule has 2 heterocycles. The Bertz CT molecular complexity index is 510. The summed E-state index contributed by atoms with van der Waals surface area (Å²) in [5, 5.41) is 11.0. The van der Waals surface area contributed by atoms with Gasteiger partial charge >= 0.3 is 5.97 Å². The first-order valence-corrected chi connectivity index (χ1v) is 6.08. The lowest BCUT2D eigenvalue weighted by molar-refractivity contribution is -0.137. The molecule has 0 amide bonds. The number of hydrogen-bond acceptors (Lipinski definition) is 4. The first-order valence-electron chi connectivity index (χ1n) is 5.20.